The average Bonchev–Trinajstić information content (AvgIpc) is 2.90. The van der Waals surface area contributed by atoms with E-state index in [1.807, 2.05) is 13.8 Å². The second-order valence-electron chi connectivity index (χ2n) is 10.9. The molecule has 0 aromatic rings. The van der Waals surface area contributed by atoms with Gasteiger partial charge in [-0.15, -0.1) is 0 Å². The first-order chi connectivity index (χ1) is 13.2. The molecule has 4 aliphatic carbocycles. The van der Waals surface area contributed by atoms with Gasteiger partial charge in [-0.25, -0.2) is 0 Å². The number of fused-ring (bicyclic) bond motifs is 5. The van der Waals surface area contributed by atoms with Gasteiger partial charge < -0.3 is 0 Å². The van der Waals surface area contributed by atoms with Crippen LogP contribution in [0.5, 0.6) is 0 Å². The van der Waals surface area contributed by atoms with Gasteiger partial charge >= 0.3 is 6.18 Å². The van der Waals surface area contributed by atoms with Gasteiger partial charge in [-0.3, -0.25) is 0 Å². The molecule has 4 aliphatic rings. The average molecular weight is 401 g/mol. The molecule has 4 fully saturated rings. The summed E-state index contributed by atoms with van der Waals surface area (Å²) in [6, 6.07) is 0. The minimum absolute atomic E-state index is 0.167. The van der Waals surface area contributed by atoms with Crippen molar-refractivity contribution in [2.45, 2.75) is 105 Å². The predicted molar refractivity (Wildman–Crippen MR) is 111 cm³/mol. The number of hydrogen-bond acceptors (Lipinski definition) is 0. The summed E-state index contributed by atoms with van der Waals surface area (Å²) in [6.45, 7) is 11.0. The lowest BCUT2D eigenvalue weighted by Crippen LogP contribution is -2.48. The van der Waals surface area contributed by atoms with Gasteiger partial charge in [-0.1, -0.05) is 41.0 Å². The molecule has 28 heavy (non-hydrogen) atoms. The molecule has 164 valence electrons. The van der Waals surface area contributed by atoms with Crippen molar-refractivity contribution in [3.8, 4) is 0 Å². The molecule has 4 saturated carbocycles. The molecular formula is C25H43F3. The monoisotopic (exact) mass is 400 g/mol. The van der Waals surface area contributed by atoms with Crippen molar-refractivity contribution in [3.05, 3.63) is 0 Å². The summed E-state index contributed by atoms with van der Waals surface area (Å²) < 4.78 is 38.6. The van der Waals surface area contributed by atoms with Gasteiger partial charge in [0.15, 0.2) is 0 Å². The van der Waals surface area contributed by atoms with E-state index in [0.29, 0.717) is 18.3 Å². The molecule has 0 saturated heterocycles. The first-order valence-corrected chi connectivity index (χ1v) is 12.3. The predicted octanol–water partition coefficient (Wildman–Crippen LogP) is 8.51. The number of alkyl halides is 3. The zero-order valence-electron chi connectivity index (χ0n) is 18.8. The number of hydrogen-bond donors (Lipinski definition) is 0. The molecule has 0 radical (unpaired) electrons. The lowest BCUT2D eigenvalue weighted by atomic mass is 9.49. The van der Waals surface area contributed by atoms with E-state index in [9.17, 15) is 13.2 Å². The molecule has 0 N–H and O–H groups in total. The Morgan fingerprint density at radius 3 is 2.21 bits per heavy atom. The van der Waals surface area contributed by atoms with Crippen LogP contribution < -0.4 is 0 Å². The molecule has 0 aromatic heterocycles. The Morgan fingerprint density at radius 2 is 1.54 bits per heavy atom. The van der Waals surface area contributed by atoms with Crippen molar-refractivity contribution in [1.82, 2.24) is 0 Å². The molecule has 0 heterocycles. The van der Waals surface area contributed by atoms with Crippen molar-refractivity contribution < 1.29 is 13.2 Å². The minimum atomic E-state index is -4.00. The summed E-state index contributed by atoms with van der Waals surface area (Å²) in [7, 11) is 0. The van der Waals surface area contributed by atoms with Gasteiger partial charge in [0.25, 0.3) is 0 Å². The summed E-state index contributed by atoms with van der Waals surface area (Å²) >= 11 is 0. The molecule has 0 spiro atoms. The Labute approximate surface area is 171 Å². The van der Waals surface area contributed by atoms with E-state index in [-0.39, 0.29) is 11.3 Å². The smallest absolute Gasteiger partial charge is 0.171 e. The Morgan fingerprint density at radius 1 is 0.857 bits per heavy atom. The van der Waals surface area contributed by atoms with Crippen LogP contribution in [-0.4, -0.2) is 6.18 Å². The van der Waals surface area contributed by atoms with E-state index >= 15 is 0 Å². The Kier molecular flexibility index (Phi) is 6.82. The van der Waals surface area contributed by atoms with Crippen LogP contribution in [0.3, 0.4) is 0 Å². The van der Waals surface area contributed by atoms with Crippen LogP contribution in [0.15, 0.2) is 0 Å². The van der Waals surface area contributed by atoms with Gasteiger partial charge in [0, 0.05) is 6.42 Å². The Hall–Kier alpha value is -0.210. The molecule has 0 nitrogen and oxygen atoms in total. The third-order valence-electron chi connectivity index (χ3n) is 9.55. The fourth-order valence-electron chi connectivity index (χ4n) is 8.49. The second kappa shape index (κ2) is 8.50. The SMILES string of the molecule is CC.CC1CCC2C(CCC3C2CCC2(C)C3C[C@@H](C)C2CCC(F)(F)F)C1. The fraction of sp³-hybridized carbons (Fsp3) is 1.00. The van der Waals surface area contributed by atoms with Gasteiger partial charge in [0.05, 0.1) is 0 Å². The summed E-state index contributed by atoms with van der Waals surface area (Å²) in [5.41, 5.74) is 0.167. The fourth-order valence-corrected chi connectivity index (χ4v) is 8.49. The summed E-state index contributed by atoms with van der Waals surface area (Å²) in [6.07, 6.45) is 6.45. The maximum Gasteiger partial charge on any atom is 0.389 e. The summed E-state index contributed by atoms with van der Waals surface area (Å²) in [5, 5.41) is 0. The highest BCUT2D eigenvalue weighted by atomic mass is 19.4. The van der Waals surface area contributed by atoms with E-state index in [2.05, 4.69) is 20.8 Å². The maximum absolute atomic E-state index is 12.9. The molecule has 4 rings (SSSR count). The Bertz CT molecular complexity index is 512. The van der Waals surface area contributed by atoms with Crippen LogP contribution in [0.4, 0.5) is 13.2 Å². The summed E-state index contributed by atoms with van der Waals surface area (Å²) in [4.78, 5) is 0. The second-order valence-corrected chi connectivity index (χ2v) is 10.9. The Balaban J connectivity index is 0.00000109. The van der Waals surface area contributed by atoms with Crippen molar-refractivity contribution in [2.75, 3.05) is 0 Å². The normalized spacial score (nSPS) is 48.0. The van der Waals surface area contributed by atoms with Gasteiger partial charge in [-0.05, 0) is 104 Å². The third-order valence-corrected chi connectivity index (χ3v) is 9.55. The first-order valence-electron chi connectivity index (χ1n) is 12.3. The lowest BCUT2D eigenvalue weighted by Gasteiger charge is -2.56. The molecule has 0 amide bonds. The quantitative estimate of drug-likeness (QED) is 0.436. The highest BCUT2D eigenvalue weighted by Crippen LogP contribution is 2.66. The van der Waals surface area contributed by atoms with Gasteiger partial charge in [0.1, 0.15) is 0 Å². The topological polar surface area (TPSA) is 0 Å². The van der Waals surface area contributed by atoms with Crippen LogP contribution in [0.1, 0.15) is 98.8 Å². The van der Waals surface area contributed by atoms with Crippen LogP contribution in [0.2, 0.25) is 0 Å². The van der Waals surface area contributed by atoms with Crippen molar-refractivity contribution in [1.29, 1.82) is 0 Å². The highest BCUT2D eigenvalue weighted by Gasteiger charge is 2.58. The van der Waals surface area contributed by atoms with Gasteiger partial charge in [0.2, 0.25) is 0 Å². The molecular weight excluding hydrogens is 357 g/mol. The number of rotatable bonds is 2. The number of halogens is 3. The largest absolute Gasteiger partial charge is 0.389 e. The molecule has 0 aliphatic heterocycles. The van der Waals surface area contributed by atoms with E-state index < -0.39 is 12.6 Å². The molecule has 9 atom stereocenters. The van der Waals surface area contributed by atoms with Crippen molar-refractivity contribution >= 4 is 0 Å². The van der Waals surface area contributed by atoms with E-state index in [4.69, 9.17) is 0 Å². The third kappa shape index (κ3) is 4.15. The summed E-state index contributed by atoms with van der Waals surface area (Å²) in [5.74, 6) is 5.90. The zero-order chi connectivity index (χ0) is 20.7. The van der Waals surface area contributed by atoms with E-state index in [0.717, 1.165) is 29.6 Å². The van der Waals surface area contributed by atoms with Gasteiger partial charge in [-0.2, -0.15) is 13.2 Å². The van der Waals surface area contributed by atoms with E-state index in [1.54, 1.807) is 0 Å². The van der Waals surface area contributed by atoms with Crippen molar-refractivity contribution in [3.63, 3.8) is 0 Å². The van der Waals surface area contributed by atoms with Crippen molar-refractivity contribution in [2.24, 2.45) is 52.8 Å². The highest BCUT2D eigenvalue weighted by molar-refractivity contribution is 5.07. The maximum atomic E-state index is 12.9. The first kappa shape index (κ1) is 22.5. The van der Waals surface area contributed by atoms with Crippen LogP contribution >= 0.6 is 0 Å². The standard InChI is InChI=1S/C23H37F3.C2H6/c1-14-4-6-17-16(12-14)5-7-19-18(17)8-10-22(3)20(9-11-23(24,25)26)15(2)13-21(19)22;1-2/h14-21H,4-13H2,1-3H3;1-2H3/t14?,15-,16?,17?,18?,19?,20?,21?,22?;/m1./s1. The van der Waals surface area contributed by atoms with Crippen LogP contribution in [0.25, 0.3) is 0 Å². The molecule has 0 bridgehead atoms. The van der Waals surface area contributed by atoms with Crippen LogP contribution in [-0.2, 0) is 0 Å². The van der Waals surface area contributed by atoms with Crippen LogP contribution in [0, 0.1) is 52.8 Å². The van der Waals surface area contributed by atoms with E-state index in [1.165, 1.54) is 51.4 Å². The molecule has 0 aromatic carbocycles. The zero-order valence-corrected chi connectivity index (χ0v) is 18.8. The minimum Gasteiger partial charge on any atom is -0.171 e. The lowest BCUT2D eigenvalue weighted by molar-refractivity contribution is -0.142. The molecule has 3 heteroatoms. The molecule has 8 unspecified atom stereocenters.